The van der Waals surface area contributed by atoms with Gasteiger partial charge in [0.05, 0.1) is 12.4 Å². The van der Waals surface area contributed by atoms with E-state index < -0.39 is 5.97 Å². The second-order valence-electron chi connectivity index (χ2n) is 4.88. The van der Waals surface area contributed by atoms with Crippen molar-refractivity contribution in [3.05, 3.63) is 5.82 Å². The Morgan fingerprint density at radius 3 is 2.75 bits per heavy atom. The van der Waals surface area contributed by atoms with Crippen LogP contribution in [0.3, 0.4) is 0 Å². The molecule has 0 aliphatic heterocycles. The summed E-state index contributed by atoms with van der Waals surface area (Å²) in [6.45, 7) is 8.34. The molecule has 0 aromatic carbocycles. The summed E-state index contributed by atoms with van der Waals surface area (Å²) in [7, 11) is 0. The van der Waals surface area contributed by atoms with Crippen LogP contribution in [-0.4, -0.2) is 44.8 Å². The first-order valence-corrected chi connectivity index (χ1v) is 7.87. The highest BCUT2D eigenvalue weighted by molar-refractivity contribution is 7.99. The molecule has 0 saturated heterocycles. The van der Waals surface area contributed by atoms with Crippen molar-refractivity contribution in [1.29, 1.82) is 0 Å². The number of rotatable bonds is 10. The molecule has 1 aromatic rings. The summed E-state index contributed by atoms with van der Waals surface area (Å²) in [5.41, 5.74) is 0. The number of thioether (sulfide) groups is 1. The molecule has 20 heavy (non-hydrogen) atoms. The summed E-state index contributed by atoms with van der Waals surface area (Å²) < 4.78 is 7.54. The van der Waals surface area contributed by atoms with Gasteiger partial charge in [-0.15, -0.1) is 10.2 Å². The van der Waals surface area contributed by atoms with E-state index in [0.29, 0.717) is 24.2 Å². The van der Waals surface area contributed by atoms with Crippen molar-refractivity contribution in [3.8, 4) is 0 Å². The van der Waals surface area contributed by atoms with Gasteiger partial charge in [0.25, 0.3) is 0 Å². The molecule has 0 saturated carbocycles. The molecule has 7 heteroatoms. The van der Waals surface area contributed by atoms with Crippen LogP contribution in [0.1, 0.15) is 33.0 Å². The van der Waals surface area contributed by atoms with Crippen LogP contribution in [0.25, 0.3) is 0 Å². The average molecular weight is 301 g/mol. The Balaban J connectivity index is 2.48. The minimum Gasteiger partial charge on any atom is -0.481 e. The molecule has 114 valence electrons. The largest absolute Gasteiger partial charge is 0.481 e. The smallest absolute Gasteiger partial charge is 0.313 e. The van der Waals surface area contributed by atoms with Crippen LogP contribution in [0.4, 0.5) is 0 Å². The predicted molar refractivity (Wildman–Crippen MR) is 78.0 cm³/mol. The lowest BCUT2D eigenvalue weighted by Crippen LogP contribution is -2.12. The molecule has 0 unspecified atom stereocenters. The number of aryl methyl sites for hydroxylation is 1. The molecule has 0 aliphatic carbocycles. The Hall–Kier alpha value is -1.08. The van der Waals surface area contributed by atoms with Gasteiger partial charge in [0.15, 0.2) is 5.16 Å². The first kappa shape index (κ1) is 17.0. The third-order valence-electron chi connectivity index (χ3n) is 2.73. The number of aromatic nitrogens is 3. The summed E-state index contributed by atoms with van der Waals surface area (Å²) in [5.74, 6) is 0.648. The van der Waals surface area contributed by atoms with E-state index in [9.17, 15) is 4.79 Å². The van der Waals surface area contributed by atoms with Crippen LogP contribution in [0.15, 0.2) is 5.16 Å². The van der Waals surface area contributed by atoms with Crippen LogP contribution in [0.5, 0.6) is 0 Å². The van der Waals surface area contributed by atoms with Gasteiger partial charge in [-0.3, -0.25) is 4.79 Å². The normalized spacial score (nSPS) is 11.2. The van der Waals surface area contributed by atoms with Gasteiger partial charge in [-0.2, -0.15) is 0 Å². The van der Waals surface area contributed by atoms with E-state index in [1.807, 2.05) is 11.5 Å². The molecule has 1 rings (SSSR count). The van der Waals surface area contributed by atoms with Gasteiger partial charge >= 0.3 is 5.97 Å². The Kier molecular flexibility index (Phi) is 7.61. The quantitative estimate of drug-likeness (QED) is 0.526. The molecule has 6 nitrogen and oxygen atoms in total. The van der Waals surface area contributed by atoms with E-state index in [4.69, 9.17) is 9.84 Å². The lowest BCUT2D eigenvalue weighted by Gasteiger charge is -2.10. The number of carboxylic acids is 1. The van der Waals surface area contributed by atoms with Gasteiger partial charge in [0, 0.05) is 19.6 Å². The summed E-state index contributed by atoms with van der Waals surface area (Å²) in [6.07, 6.45) is 1.82. The third-order valence-corrected chi connectivity index (χ3v) is 3.68. The second-order valence-corrected chi connectivity index (χ2v) is 5.82. The summed E-state index contributed by atoms with van der Waals surface area (Å²) in [4.78, 5) is 10.6. The van der Waals surface area contributed by atoms with E-state index in [1.165, 1.54) is 11.8 Å². The molecule has 1 N–H and O–H groups in total. The van der Waals surface area contributed by atoms with Crippen LogP contribution in [0, 0.1) is 5.92 Å². The number of aliphatic carboxylic acids is 1. The Bertz CT molecular complexity index is 421. The molecule has 0 aliphatic rings. The van der Waals surface area contributed by atoms with Gasteiger partial charge < -0.3 is 14.4 Å². The average Bonchev–Trinajstić information content (AvgIpc) is 2.77. The van der Waals surface area contributed by atoms with Gasteiger partial charge in [-0.1, -0.05) is 32.5 Å². The molecule has 0 fully saturated rings. The molecule has 1 aromatic heterocycles. The summed E-state index contributed by atoms with van der Waals surface area (Å²) >= 11 is 1.19. The van der Waals surface area contributed by atoms with Gasteiger partial charge in [0.2, 0.25) is 0 Å². The Morgan fingerprint density at radius 1 is 1.40 bits per heavy atom. The zero-order valence-electron chi connectivity index (χ0n) is 12.3. The number of carbonyl (C=O) groups is 1. The van der Waals surface area contributed by atoms with Crippen molar-refractivity contribution in [1.82, 2.24) is 14.8 Å². The molecule has 0 amide bonds. The second kappa shape index (κ2) is 8.97. The fraction of sp³-hybridized carbons (Fsp3) is 0.769. The summed E-state index contributed by atoms with van der Waals surface area (Å²) in [5, 5.41) is 17.5. The van der Waals surface area contributed by atoms with E-state index in [1.54, 1.807) is 0 Å². The predicted octanol–water partition coefficient (Wildman–Crippen LogP) is 2.08. The molecular formula is C13H23N3O3S. The maximum absolute atomic E-state index is 10.6. The van der Waals surface area contributed by atoms with Crippen LogP contribution in [0.2, 0.25) is 0 Å². The molecule has 1 heterocycles. The van der Waals surface area contributed by atoms with Gasteiger partial charge in [-0.25, -0.2) is 0 Å². The number of hydrogen-bond acceptors (Lipinski definition) is 5. The number of nitrogens with zero attached hydrogens (tertiary/aromatic N) is 3. The van der Waals surface area contributed by atoms with Crippen LogP contribution >= 0.6 is 11.8 Å². The van der Waals surface area contributed by atoms with Crippen molar-refractivity contribution >= 4 is 17.7 Å². The standard InChI is InChI=1S/C13H23N3O3S/c1-4-11-14-15-13(20-9-12(17)18)16(11)6-8-19-7-5-10(2)3/h10H,4-9H2,1-3H3,(H,17,18). The van der Waals surface area contributed by atoms with Gasteiger partial charge in [-0.05, 0) is 12.3 Å². The topological polar surface area (TPSA) is 77.2 Å². The van der Waals surface area contributed by atoms with Crippen molar-refractivity contribution in [2.75, 3.05) is 19.0 Å². The van der Waals surface area contributed by atoms with Crippen molar-refractivity contribution in [2.45, 2.75) is 45.3 Å². The zero-order chi connectivity index (χ0) is 15.0. The highest BCUT2D eigenvalue weighted by atomic mass is 32.2. The van der Waals surface area contributed by atoms with E-state index >= 15 is 0 Å². The van der Waals surface area contributed by atoms with E-state index in [-0.39, 0.29) is 5.75 Å². The zero-order valence-corrected chi connectivity index (χ0v) is 13.2. The van der Waals surface area contributed by atoms with Crippen molar-refractivity contribution in [2.24, 2.45) is 5.92 Å². The molecule has 0 atom stereocenters. The first-order chi connectivity index (χ1) is 9.54. The first-order valence-electron chi connectivity index (χ1n) is 6.89. The maximum atomic E-state index is 10.6. The SMILES string of the molecule is CCc1nnc(SCC(=O)O)n1CCOCCC(C)C. The highest BCUT2D eigenvalue weighted by Gasteiger charge is 2.12. The number of carboxylic acid groups (broad SMARTS) is 1. The lowest BCUT2D eigenvalue weighted by molar-refractivity contribution is -0.133. The fourth-order valence-electron chi connectivity index (χ4n) is 1.62. The number of ether oxygens (including phenoxy) is 1. The van der Waals surface area contributed by atoms with Gasteiger partial charge in [0.1, 0.15) is 5.82 Å². The Morgan fingerprint density at radius 2 is 2.15 bits per heavy atom. The maximum Gasteiger partial charge on any atom is 0.313 e. The fourth-order valence-corrected chi connectivity index (χ4v) is 2.32. The minimum absolute atomic E-state index is 0.00391. The molecular weight excluding hydrogens is 278 g/mol. The third kappa shape index (κ3) is 5.92. The van der Waals surface area contributed by atoms with E-state index in [2.05, 4.69) is 24.0 Å². The van der Waals surface area contributed by atoms with Crippen molar-refractivity contribution < 1.29 is 14.6 Å². The lowest BCUT2D eigenvalue weighted by atomic mass is 10.1. The monoisotopic (exact) mass is 301 g/mol. The molecule has 0 bridgehead atoms. The number of hydrogen-bond donors (Lipinski definition) is 1. The molecule has 0 spiro atoms. The summed E-state index contributed by atoms with van der Waals surface area (Å²) in [6, 6.07) is 0. The van der Waals surface area contributed by atoms with Crippen molar-refractivity contribution in [3.63, 3.8) is 0 Å². The van der Waals surface area contributed by atoms with Crippen LogP contribution < -0.4 is 0 Å². The van der Waals surface area contributed by atoms with E-state index in [0.717, 1.165) is 25.3 Å². The highest BCUT2D eigenvalue weighted by Crippen LogP contribution is 2.17. The van der Waals surface area contributed by atoms with Crippen LogP contribution in [-0.2, 0) is 22.5 Å². The molecule has 0 radical (unpaired) electrons. The minimum atomic E-state index is -0.851. The Labute approximate surface area is 123 Å².